The Hall–Kier alpha value is -1.87. The molecule has 110 valence electrons. The molecule has 1 N–H and O–H groups in total. The van der Waals surface area contributed by atoms with Gasteiger partial charge in [-0.15, -0.1) is 0 Å². The van der Waals surface area contributed by atoms with E-state index in [-0.39, 0.29) is 11.4 Å². The summed E-state index contributed by atoms with van der Waals surface area (Å²) >= 11 is 0. The van der Waals surface area contributed by atoms with Crippen molar-refractivity contribution in [1.29, 1.82) is 0 Å². The van der Waals surface area contributed by atoms with Crippen LogP contribution in [0.2, 0.25) is 0 Å². The second-order valence-electron chi connectivity index (χ2n) is 5.78. The average Bonchev–Trinajstić information content (AvgIpc) is 2.95. The predicted octanol–water partition coefficient (Wildman–Crippen LogP) is 4.00. The molecule has 1 aliphatic heterocycles. The van der Waals surface area contributed by atoms with Gasteiger partial charge < -0.3 is 10.1 Å². The van der Waals surface area contributed by atoms with Gasteiger partial charge in [0.1, 0.15) is 6.61 Å². The number of benzene rings is 2. The second kappa shape index (κ2) is 5.86. The van der Waals surface area contributed by atoms with Crippen LogP contribution in [0.1, 0.15) is 30.9 Å². The van der Waals surface area contributed by atoms with E-state index in [4.69, 9.17) is 4.74 Å². The molecule has 0 amide bonds. The van der Waals surface area contributed by atoms with E-state index in [1.54, 1.807) is 12.1 Å². The van der Waals surface area contributed by atoms with Crippen LogP contribution in [0.15, 0.2) is 48.5 Å². The Bertz CT molecular complexity index is 606. The third-order valence-corrected chi connectivity index (χ3v) is 4.17. The zero-order valence-electron chi connectivity index (χ0n) is 12.2. The first-order valence-corrected chi connectivity index (χ1v) is 7.39. The summed E-state index contributed by atoms with van der Waals surface area (Å²) in [6.07, 6.45) is 2.17. The van der Waals surface area contributed by atoms with Gasteiger partial charge in [-0.3, -0.25) is 0 Å². The quantitative estimate of drug-likeness (QED) is 0.916. The lowest BCUT2D eigenvalue weighted by Crippen LogP contribution is -2.33. The number of hydrogen-bond donors (Lipinski definition) is 1. The minimum atomic E-state index is -0.293. The van der Waals surface area contributed by atoms with Crippen molar-refractivity contribution >= 4 is 0 Å². The first kappa shape index (κ1) is 14.1. The van der Waals surface area contributed by atoms with Gasteiger partial charge in [-0.2, -0.15) is 0 Å². The highest BCUT2D eigenvalue weighted by molar-refractivity contribution is 5.34. The Morgan fingerprint density at radius 1 is 1.19 bits per heavy atom. The zero-order valence-corrected chi connectivity index (χ0v) is 12.2. The molecule has 0 radical (unpaired) electrons. The molecule has 2 aromatic carbocycles. The van der Waals surface area contributed by atoms with Crippen molar-refractivity contribution in [3.8, 4) is 5.75 Å². The Labute approximate surface area is 125 Å². The molecule has 1 unspecified atom stereocenters. The van der Waals surface area contributed by atoms with Crippen LogP contribution in [0.4, 0.5) is 4.39 Å². The standard InChI is InChI=1S/C18H20FNO/c1-18(10-5-11-20-18)15-8-9-17(16(19)12-15)21-13-14-6-3-2-4-7-14/h2-4,6-9,12,20H,5,10-11,13H2,1H3. The SMILES string of the molecule is CC1(c2ccc(OCc3ccccc3)c(F)c2)CCCN1. The molecule has 0 spiro atoms. The molecule has 1 heterocycles. The Morgan fingerprint density at radius 2 is 2.00 bits per heavy atom. The van der Waals surface area contributed by atoms with E-state index in [1.807, 2.05) is 36.4 Å². The maximum atomic E-state index is 14.2. The summed E-state index contributed by atoms with van der Waals surface area (Å²) in [5, 5.41) is 3.45. The molecule has 0 aromatic heterocycles. The Kier molecular flexibility index (Phi) is 3.93. The molecule has 2 aromatic rings. The minimum absolute atomic E-state index is 0.112. The van der Waals surface area contributed by atoms with Gasteiger partial charge in [0, 0.05) is 5.54 Å². The summed E-state index contributed by atoms with van der Waals surface area (Å²) in [5.41, 5.74) is 1.91. The fraction of sp³-hybridized carbons (Fsp3) is 0.333. The van der Waals surface area contributed by atoms with E-state index in [2.05, 4.69) is 12.2 Å². The molecule has 0 aliphatic carbocycles. The molecule has 1 atom stereocenters. The van der Waals surface area contributed by atoms with Crippen molar-refractivity contribution in [2.45, 2.75) is 31.9 Å². The molecule has 1 aliphatic rings. The lowest BCUT2D eigenvalue weighted by Gasteiger charge is -2.25. The van der Waals surface area contributed by atoms with Gasteiger partial charge >= 0.3 is 0 Å². The van der Waals surface area contributed by atoms with Crippen LogP contribution in [-0.4, -0.2) is 6.54 Å². The first-order valence-electron chi connectivity index (χ1n) is 7.39. The molecular weight excluding hydrogens is 265 g/mol. The van der Waals surface area contributed by atoms with E-state index < -0.39 is 0 Å². The third-order valence-electron chi connectivity index (χ3n) is 4.17. The summed E-state index contributed by atoms with van der Waals surface area (Å²) in [7, 11) is 0. The van der Waals surface area contributed by atoms with Crippen molar-refractivity contribution in [3.63, 3.8) is 0 Å². The van der Waals surface area contributed by atoms with Crippen LogP contribution >= 0.6 is 0 Å². The lowest BCUT2D eigenvalue weighted by atomic mass is 9.90. The zero-order chi connectivity index (χ0) is 14.7. The molecule has 0 saturated carbocycles. The Morgan fingerprint density at radius 3 is 2.67 bits per heavy atom. The van der Waals surface area contributed by atoms with Crippen LogP contribution in [0.5, 0.6) is 5.75 Å². The van der Waals surface area contributed by atoms with Gasteiger partial charge in [0.05, 0.1) is 0 Å². The third kappa shape index (κ3) is 3.08. The summed E-state index contributed by atoms with van der Waals surface area (Å²) in [5.74, 6) is 0.0163. The average molecular weight is 285 g/mol. The minimum Gasteiger partial charge on any atom is -0.486 e. The normalized spacial score (nSPS) is 21.4. The van der Waals surface area contributed by atoms with Gasteiger partial charge in [-0.05, 0) is 49.6 Å². The highest BCUT2D eigenvalue weighted by atomic mass is 19.1. The van der Waals surface area contributed by atoms with Crippen molar-refractivity contribution in [2.75, 3.05) is 6.54 Å². The van der Waals surface area contributed by atoms with E-state index in [0.29, 0.717) is 12.4 Å². The van der Waals surface area contributed by atoms with Crippen molar-refractivity contribution in [1.82, 2.24) is 5.32 Å². The maximum Gasteiger partial charge on any atom is 0.165 e. The summed E-state index contributed by atoms with van der Waals surface area (Å²) < 4.78 is 19.8. The van der Waals surface area contributed by atoms with E-state index in [1.165, 1.54) is 0 Å². The van der Waals surface area contributed by atoms with Crippen LogP contribution < -0.4 is 10.1 Å². The summed E-state index contributed by atoms with van der Waals surface area (Å²) in [6, 6.07) is 15.1. The predicted molar refractivity (Wildman–Crippen MR) is 81.8 cm³/mol. The number of ether oxygens (including phenoxy) is 1. The van der Waals surface area contributed by atoms with Crippen LogP contribution in [-0.2, 0) is 12.1 Å². The van der Waals surface area contributed by atoms with Crippen molar-refractivity contribution in [2.24, 2.45) is 0 Å². The molecular formula is C18H20FNO. The number of nitrogens with one attached hydrogen (secondary N) is 1. The van der Waals surface area contributed by atoms with Gasteiger partial charge in [0.25, 0.3) is 0 Å². The second-order valence-corrected chi connectivity index (χ2v) is 5.78. The number of hydrogen-bond acceptors (Lipinski definition) is 2. The molecule has 21 heavy (non-hydrogen) atoms. The van der Waals surface area contributed by atoms with Crippen molar-refractivity contribution < 1.29 is 9.13 Å². The van der Waals surface area contributed by atoms with Crippen LogP contribution in [0, 0.1) is 5.82 Å². The fourth-order valence-electron chi connectivity index (χ4n) is 2.84. The molecule has 3 heteroatoms. The number of halogens is 1. The summed E-state index contributed by atoms with van der Waals surface area (Å²) in [4.78, 5) is 0. The van der Waals surface area contributed by atoms with E-state index in [0.717, 1.165) is 30.5 Å². The molecule has 1 fully saturated rings. The van der Waals surface area contributed by atoms with E-state index in [9.17, 15) is 4.39 Å². The van der Waals surface area contributed by atoms with Gasteiger partial charge in [-0.25, -0.2) is 4.39 Å². The topological polar surface area (TPSA) is 21.3 Å². The van der Waals surface area contributed by atoms with Crippen LogP contribution in [0.3, 0.4) is 0 Å². The smallest absolute Gasteiger partial charge is 0.165 e. The first-order chi connectivity index (χ1) is 10.2. The maximum absolute atomic E-state index is 14.2. The van der Waals surface area contributed by atoms with Gasteiger partial charge in [0.2, 0.25) is 0 Å². The van der Waals surface area contributed by atoms with Crippen LogP contribution in [0.25, 0.3) is 0 Å². The van der Waals surface area contributed by atoms with Gasteiger partial charge in [-0.1, -0.05) is 36.4 Å². The molecule has 2 nitrogen and oxygen atoms in total. The highest BCUT2D eigenvalue weighted by Gasteiger charge is 2.30. The van der Waals surface area contributed by atoms with Gasteiger partial charge in [0.15, 0.2) is 11.6 Å². The fourth-order valence-corrected chi connectivity index (χ4v) is 2.84. The largest absolute Gasteiger partial charge is 0.486 e. The molecule has 3 rings (SSSR count). The molecule has 0 bridgehead atoms. The lowest BCUT2D eigenvalue weighted by molar-refractivity contribution is 0.289. The van der Waals surface area contributed by atoms with E-state index >= 15 is 0 Å². The Balaban J connectivity index is 1.73. The highest BCUT2D eigenvalue weighted by Crippen LogP contribution is 2.32. The van der Waals surface area contributed by atoms with Crippen molar-refractivity contribution in [3.05, 3.63) is 65.5 Å². The number of rotatable bonds is 4. The monoisotopic (exact) mass is 285 g/mol. The molecule has 1 saturated heterocycles. The summed E-state index contributed by atoms with van der Waals surface area (Å²) in [6.45, 7) is 3.50.